The van der Waals surface area contributed by atoms with Crippen LogP contribution in [0.15, 0.2) is 0 Å². The Balaban J connectivity index is 2.33. The first kappa shape index (κ1) is 12.5. The fourth-order valence-electron chi connectivity index (χ4n) is 1.17. The van der Waals surface area contributed by atoms with E-state index in [1.165, 1.54) is 0 Å². The van der Waals surface area contributed by atoms with Crippen LogP contribution in [0, 0.1) is 0 Å². The highest BCUT2D eigenvalue weighted by Crippen LogP contribution is 2.20. The van der Waals surface area contributed by atoms with Crippen molar-refractivity contribution in [2.75, 3.05) is 20.2 Å². The van der Waals surface area contributed by atoms with Gasteiger partial charge in [-0.05, 0) is 26.4 Å². The van der Waals surface area contributed by atoms with E-state index in [-0.39, 0.29) is 6.10 Å². The quantitative estimate of drug-likeness (QED) is 0.724. The molecule has 0 aliphatic heterocycles. The number of nitrogens with zero attached hydrogens (tertiary/aromatic N) is 2. The van der Waals surface area contributed by atoms with Crippen LogP contribution >= 0.6 is 11.3 Å². The zero-order chi connectivity index (χ0) is 11.1. The summed E-state index contributed by atoms with van der Waals surface area (Å²) < 4.78 is 5.19. The Morgan fingerprint density at radius 3 is 2.93 bits per heavy atom. The highest BCUT2D eigenvalue weighted by atomic mass is 32.1. The summed E-state index contributed by atoms with van der Waals surface area (Å²) in [7, 11) is 1.69. The van der Waals surface area contributed by atoms with Crippen molar-refractivity contribution >= 4 is 11.3 Å². The van der Waals surface area contributed by atoms with E-state index in [2.05, 4.69) is 22.4 Å². The van der Waals surface area contributed by atoms with Gasteiger partial charge in [0.15, 0.2) is 0 Å². The minimum absolute atomic E-state index is 0.0602. The minimum atomic E-state index is 0.0602. The lowest BCUT2D eigenvalue weighted by atomic mass is 10.3. The molecular weight excluding hydrogens is 210 g/mol. The van der Waals surface area contributed by atoms with Crippen LogP contribution in [-0.2, 0) is 11.2 Å². The molecule has 0 spiro atoms. The van der Waals surface area contributed by atoms with Crippen molar-refractivity contribution in [3.05, 3.63) is 10.0 Å². The Morgan fingerprint density at radius 2 is 2.27 bits per heavy atom. The molecule has 0 amide bonds. The fourth-order valence-corrected chi connectivity index (χ4v) is 2.09. The summed E-state index contributed by atoms with van der Waals surface area (Å²) in [5.41, 5.74) is 0. The zero-order valence-electron chi connectivity index (χ0n) is 9.62. The Kier molecular flexibility index (Phi) is 5.75. The molecule has 1 aromatic heterocycles. The first-order valence-corrected chi connectivity index (χ1v) is 6.15. The smallest absolute Gasteiger partial charge is 0.146 e. The average molecular weight is 229 g/mol. The lowest BCUT2D eigenvalue weighted by molar-refractivity contribution is 0.118. The molecule has 1 unspecified atom stereocenters. The number of methoxy groups -OCH3 is 1. The Bertz CT molecular complexity index is 277. The third-order valence-electron chi connectivity index (χ3n) is 2.18. The van der Waals surface area contributed by atoms with Gasteiger partial charge in [-0.3, -0.25) is 0 Å². The maximum atomic E-state index is 5.19. The summed E-state index contributed by atoms with van der Waals surface area (Å²) in [5, 5.41) is 13.6. The van der Waals surface area contributed by atoms with Crippen LogP contribution in [0.3, 0.4) is 0 Å². The lowest BCUT2D eigenvalue weighted by Crippen LogP contribution is -2.14. The summed E-state index contributed by atoms with van der Waals surface area (Å²) in [4.78, 5) is 0. The van der Waals surface area contributed by atoms with Crippen LogP contribution in [0.25, 0.3) is 0 Å². The maximum Gasteiger partial charge on any atom is 0.146 e. The van der Waals surface area contributed by atoms with Crippen molar-refractivity contribution in [3.63, 3.8) is 0 Å². The van der Waals surface area contributed by atoms with Gasteiger partial charge < -0.3 is 10.1 Å². The minimum Gasteiger partial charge on any atom is -0.374 e. The number of aryl methyl sites for hydroxylation is 1. The molecule has 1 rings (SSSR count). The van der Waals surface area contributed by atoms with Gasteiger partial charge in [0.25, 0.3) is 0 Å². The molecule has 5 heteroatoms. The fraction of sp³-hybridized carbons (Fsp3) is 0.800. The number of rotatable bonds is 7. The molecule has 1 aromatic rings. The first-order valence-electron chi connectivity index (χ1n) is 5.33. The molecule has 86 valence electrons. The van der Waals surface area contributed by atoms with Gasteiger partial charge in [-0.1, -0.05) is 18.3 Å². The molecule has 0 aliphatic carbocycles. The van der Waals surface area contributed by atoms with E-state index < -0.39 is 0 Å². The standard InChI is InChI=1S/C10H19N3OS/c1-4-11-7-5-6-9-12-13-10(15-9)8(2)14-3/h8,11H,4-7H2,1-3H3. The normalized spacial score (nSPS) is 13.0. The van der Waals surface area contributed by atoms with Crippen molar-refractivity contribution in [1.82, 2.24) is 15.5 Å². The van der Waals surface area contributed by atoms with Gasteiger partial charge in [-0.2, -0.15) is 0 Å². The van der Waals surface area contributed by atoms with Crippen LogP contribution in [0.1, 0.15) is 36.4 Å². The van der Waals surface area contributed by atoms with Crippen LogP contribution in [0.4, 0.5) is 0 Å². The Labute approximate surface area is 95.1 Å². The molecular formula is C10H19N3OS. The molecule has 0 radical (unpaired) electrons. The van der Waals surface area contributed by atoms with E-state index in [1.54, 1.807) is 18.4 Å². The average Bonchev–Trinajstić information content (AvgIpc) is 2.72. The number of hydrogen-bond acceptors (Lipinski definition) is 5. The van der Waals surface area contributed by atoms with Crippen LogP contribution in [0.2, 0.25) is 0 Å². The van der Waals surface area contributed by atoms with Gasteiger partial charge in [-0.25, -0.2) is 0 Å². The van der Waals surface area contributed by atoms with Crippen LogP contribution in [0.5, 0.6) is 0 Å². The van der Waals surface area contributed by atoms with E-state index >= 15 is 0 Å². The molecule has 0 fully saturated rings. The molecule has 0 saturated carbocycles. The highest BCUT2D eigenvalue weighted by Gasteiger charge is 2.10. The second-order valence-corrected chi connectivity index (χ2v) is 4.46. The molecule has 1 N–H and O–H groups in total. The van der Waals surface area contributed by atoms with Crippen molar-refractivity contribution in [3.8, 4) is 0 Å². The molecule has 1 atom stereocenters. The summed E-state index contributed by atoms with van der Waals surface area (Å²) in [6, 6.07) is 0. The van der Waals surface area contributed by atoms with Gasteiger partial charge in [0.2, 0.25) is 0 Å². The lowest BCUT2D eigenvalue weighted by Gasteiger charge is -2.02. The van der Waals surface area contributed by atoms with Crippen molar-refractivity contribution < 1.29 is 4.74 Å². The Morgan fingerprint density at radius 1 is 1.47 bits per heavy atom. The van der Waals surface area contributed by atoms with Gasteiger partial charge >= 0.3 is 0 Å². The van der Waals surface area contributed by atoms with E-state index in [0.29, 0.717) is 0 Å². The van der Waals surface area contributed by atoms with E-state index in [9.17, 15) is 0 Å². The predicted molar refractivity (Wildman–Crippen MR) is 62.2 cm³/mol. The third-order valence-corrected chi connectivity index (χ3v) is 3.32. The van der Waals surface area contributed by atoms with Crippen molar-refractivity contribution in [1.29, 1.82) is 0 Å². The second kappa shape index (κ2) is 6.87. The monoisotopic (exact) mass is 229 g/mol. The van der Waals surface area contributed by atoms with Gasteiger partial charge in [0.05, 0.1) is 0 Å². The SMILES string of the molecule is CCNCCCc1nnc(C(C)OC)s1. The molecule has 0 aromatic carbocycles. The van der Waals surface area contributed by atoms with Gasteiger partial charge in [-0.15, -0.1) is 10.2 Å². The summed E-state index contributed by atoms with van der Waals surface area (Å²) in [5.74, 6) is 0. The third kappa shape index (κ3) is 4.24. The topological polar surface area (TPSA) is 47.0 Å². The van der Waals surface area contributed by atoms with Crippen LogP contribution < -0.4 is 5.32 Å². The highest BCUT2D eigenvalue weighted by molar-refractivity contribution is 7.11. The number of ether oxygens (including phenoxy) is 1. The van der Waals surface area contributed by atoms with Crippen molar-refractivity contribution in [2.24, 2.45) is 0 Å². The molecule has 4 nitrogen and oxygen atoms in total. The predicted octanol–water partition coefficient (Wildman–Crippen LogP) is 1.79. The number of aromatic nitrogens is 2. The molecule has 15 heavy (non-hydrogen) atoms. The second-order valence-electron chi connectivity index (χ2n) is 3.37. The number of nitrogens with one attached hydrogen (secondary N) is 1. The Hall–Kier alpha value is -0.520. The van der Waals surface area contributed by atoms with Gasteiger partial charge in [0.1, 0.15) is 16.1 Å². The van der Waals surface area contributed by atoms with E-state index in [0.717, 1.165) is 35.9 Å². The molecule has 1 heterocycles. The molecule has 0 saturated heterocycles. The summed E-state index contributed by atoms with van der Waals surface area (Å²) in [6.07, 6.45) is 2.18. The zero-order valence-corrected chi connectivity index (χ0v) is 10.4. The van der Waals surface area contributed by atoms with Crippen molar-refractivity contribution in [2.45, 2.75) is 32.8 Å². The summed E-state index contributed by atoms with van der Waals surface area (Å²) >= 11 is 1.65. The van der Waals surface area contributed by atoms with Crippen LogP contribution in [-0.4, -0.2) is 30.4 Å². The van der Waals surface area contributed by atoms with E-state index in [4.69, 9.17) is 4.74 Å². The molecule has 0 aliphatic rings. The largest absolute Gasteiger partial charge is 0.374 e. The number of hydrogen-bond donors (Lipinski definition) is 1. The maximum absolute atomic E-state index is 5.19. The first-order chi connectivity index (χ1) is 7.27. The summed E-state index contributed by atoms with van der Waals surface area (Å²) in [6.45, 7) is 6.18. The molecule has 0 bridgehead atoms. The van der Waals surface area contributed by atoms with E-state index in [1.807, 2.05) is 6.92 Å². The van der Waals surface area contributed by atoms with Gasteiger partial charge in [0, 0.05) is 13.5 Å².